The van der Waals surface area contributed by atoms with Crippen LogP contribution in [0.3, 0.4) is 0 Å². The van der Waals surface area contributed by atoms with Gasteiger partial charge in [0.2, 0.25) is 5.91 Å². The third-order valence-electron chi connectivity index (χ3n) is 4.26. The number of nitrogens with zero attached hydrogens (tertiary/aromatic N) is 1. The second-order valence-corrected chi connectivity index (χ2v) is 5.67. The standard InChI is InChI=1S/C16H24N2O2/c1-11-8-13(9-17)10-18(11)16(19)12(2)14-4-6-15(20-3)7-5-14/h4-7,11-13H,8-10,17H2,1-3H3. The maximum atomic E-state index is 12.6. The van der Waals surface area contributed by atoms with Crippen molar-refractivity contribution in [2.45, 2.75) is 32.2 Å². The third-order valence-corrected chi connectivity index (χ3v) is 4.26. The van der Waals surface area contributed by atoms with E-state index in [1.807, 2.05) is 36.1 Å². The van der Waals surface area contributed by atoms with E-state index in [1.54, 1.807) is 7.11 Å². The SMILES string of the molecule is COc1ccc(C(C)C(=O)N2CC(CN)CC2C)cc1. The summed E-state index contributed by atoms with van der Waals surface area (Å²) in [5, 5.41) is 0. The highest BCUT2D eigenvalue weighted by molar-refractivity contribution is 5.84. The third kappa shape index (κ3) is 2.96. The Balaban J connectivity index is 2.08. The zero-order chi connectivity index (χ0) is 14.7. The minimum atomic E-state index is -0.125. The second kappa shape index (κ2) is 6.27. The molecule has 20 heavy (non-hydrogen) atoms. The minimum absolute atomic E-state index is 0.125. The summed E-state index contributed by atoms with van der Waals surface area (Å²) in [5.74, 6) is 1.32. The van der Waals surface area contributed by atoms with E-state index >= 15 is 0 Å². The Bertz CT molecular complexity index is 458. The fourth-order valence-electron chi connectivity index (χ4n) is 2.90. The Labute approximate surface area is 120 Å². The van der Waals surface area contributed by atoms with Crippen molar-refractivity contribution in [2.75, 3.05) is 20.2 Å². The number of rotatable bonds is 4. The Morgan fingerprint density at radius 3 is 2.60 bits per heavy atom. The molecule has 0 aromatic heterocycles. The number of hydrogen-bond acceptors (Lipinski definition) is 3. The molecule has 1 aliphatic rings. The van der Waals surface area contributed by atoms with Crippen molar-refractivity contribution in [3.63, 3.8) is 0 Å². The molecule has 0 spiro atoms. The van der Waals surface area contributed by atoms with E-state index in [0.29, 0.717) is 12.5 Å². The first-order valence-corrected chi connectivity index (χ1v) is 7.21. The first kappa shape index (κ1) is 14.9. The monoisotopic (exact) mass is 276 g/mol. The van der Waals surface area contributed by atoms with Crippen molar-refractivity contribution in [3.8, 4) is 5.75 Å². The van der Waals surface area contributed by atoms with Gasteiger partial charge in [0.1, 0.15) is 5.75 Å². The molecule has 4 nitrogen and oxygen atoms in total. The molecule has 1 amide bonds. The van der Waals surface area contributed by atoms with Gasteiger partial charge in [-0.1, -0.05) is 12.1 Å². The highest BCUT2D eigenvalue weighted by atomic mass is 16.5. The summed E-state index contributed by atoms with van der Waals surface area (Å²) in [6.07, 6.45) is 1.01. The van der Waals surface area contributed by atoms with Gasteiger partial charge in [0, 0.05) is 12.6 Å². The van der Waals surface area contributed by atoms with Gasteiger partial charge in [-0.05, 0) is 50.4 Å². The molecule has 1 aromatic carbocycles. The summed E-state index contributed by atoms with van der Waals surface area (Å²) in [6, 6.07) is 8.01. The van der Waals surface area contributed by atoms with Crippen molar-refractivity contribution in [1.82, 2.24) is 4.90 Å². The van der Waals surface area contributed by atoms with Crippen LogP contribution in [-0.4, -0.2) is 37.0 Å². The summed E-state index contributed by atoms with van der Waals surface area (Å²) in [4.78, 5) is 14.6. The quantitative estimate of drug-likeness (QED) is 0.915. The summed E-state index contributed by atoms with van der Waals surface area (Å²) < 4.78 is 5.15. The van der Waals surface area contributed by atoms with Crippen LogP contribution in [-0.2, 0) is 4.79 Å². The molecule has 0 bridgehead atoms. The first-order chi connectivity index (χ1) is 9.56. The zero-order valence-corrected chi connectivity index (χ0v) is 12.5. The molecule has 110 valence electrons. The molecule has 1 fully saturated rings. The van der Waals surface area contributed by atoms with Crippen LogP contribution in [0.25, 0.3) is 0 Å². The summed E-state index contributed by atoms with van der Waals surface area (Å²) in [6.45, 7) is 5.52. The molecule has 2 rings (SSSR count). The summed E-state index contributed by atoms with van der Waals surface area (Å²) in [7, 11) is 1.64. The molecule has 0 aliphatic carbocycles. The number of benzene rings is 1. The molecular weight excluding hydrogens is 252 g/mol. The Morgan fingerprint density at radius 2 is 2.10 bits per heavy atom. The lowest BCUT2D eigenvalue weighted by molar-refractivity contribution is -0.133. The fourth-order valence-corrected chi connectivity index (χ4v) is 2.90. The summed E-state index contributed by atoms with van der Waals surface area (Å²) in [5.41, 5.74) is 6.75. The van der Waals surface area contributed by atoms with Gasteiger partial charge in [0.05, 0.1) is 13.0 Å². The molecule has 3 unspecified atom stereocenters. The number of ether oxygens (including phenoxy) is 1. The molecule has 4 heteroatoms. The molecule has 0 radical (unpaired) electrons. The number of nitrogens with two attached hydrogens (primary N) is 1. The number of carbonyl (C=O) groups excluding carboxylic acids is 1. The number of likely N-dealkylation sites (tertiary alicyclic amines) is 1. The molecule has 3 atom stereocenters. The number of methoxy groups -OCH3 is 1. The average Bonchev–Trinajstić information content (AvgIpc) is 2.87. The largest absolute Gasteiger partial charge is 0.497 e. The molecule has 1 aliphatic heterocycles. The van der Waals surface area contributed by atoms with Crippen LogP contribution in [0.4, 0.5) is 0 Å². The van der Waals surface area contributed by atoms with Crippen molar-refractivity contribution < 1.29 is 9.53 Å². The van der Waals surface area contributed by atoms with E-state index in [2.05, 4.69) is 6.92 Å². The smallest absolute Gasteiger partial charge is 0.230 e. The van der Waals surface area contributed by atoms with Crippen molar-refractivity contribution in [3.05, 3.63) is 29.8 Å². The topological polar surface area (TPSA) is 55.6 Å². The highest BCUT2D eigenvalue weighted by Gasteiger charge is 2.33. The number of amides is 1. The molecule has 1 aromatic rings. The maximum Gasteiger partial charge on any atom is 0.230 e. The Hall–Kier alpha value is -1.55. The Kier molecular flexibility index (Phi) is 4.65. The van der Waals surface area contributed by atoms with E-state index in [0.717, 1.165) is 24.3 Å². The number of hydrogen-bond donors (Lipinski definition) is 1. The van der Waals surface area contributed by atoms with Gasteiger partial charge < -0.3 is 15.4 Å². The van der Waals surface area contributed by atoms with Gasteiger partial charge in [-0.3, -0.25) is 4.79 Å². The normalized spacial score (nSPS) is 23.7. The van der Waals surface area contributed by atoms with E-state index < -0.39 is 0 Å². The van der Waals surface area contributed by atoms with Crippen LogP contribution in [0.15, 0.2) is 24.3 Å². The second-order valence-electron chi connectivity index (χ2n) is 5.67. The van der Waals surface area contributed by atoms with E-state index in [-0.39, 0.29) is 17.9 Å². The van der Waals surface area contributed by atoms with E-state index in [9.17, 15) is 4.79 Å². The van der Waals surface area contributed by atoms with Gasteiger partial charge in [0.25, 0.3) is 0 Å². The average molecular weight is 276 g/mol. The zero-order valence-electron chi connectivity index (χ0n) is 12.5. The predicted molar refractivity (Wildman–Crippen MR) is 79.7 cm³/mol. The van der Waals surface area contributed by atoms with Crippen LogP contribution in [0, 0.1) is 5.92 Å². The van der Waals surface area contributed by atoms with Gasteiger partial charge in [0.15, 0.2) is 0 Å². The lowest BCUT2D eigenvalue weighted by Gasteiger charge is -2.25. The molecule has 0 saturated carbocycles. The Morgan fingerprint density at radius 1 is 1.45 bits per heavy atom. The van der Waals surface area contributed by atoms with Crippen LogP contribution in [0.1, 0.15) is 31.7 Å². The molecule has 1 saturated heterocycles. The van der Waals surface area contributed by atoms with E-state index in [1.165, 1.54) is 0 Å². The van der Waals surface area contributed by atoms with E-state index in [4.69, 9.17) is 10.5 Å². The molecule has 1 heterocycles. The predicted octanol–water partition coefficient (Wildman–Crippen LogP) is 1.99. The van der Waals surface area contributed by atoms with Crippen LogP contribution < -0.4 is 10.5 Å². The van der Waals surface area contributed by atoms with Gasteiger partial charge in [-0.25, -0.2) is 0 Å². The lowest BCUT2D eigenvalue weighted by Crippen LogP contribution is -2.37. The van der Waals surface area contributed by atoms with Gasteiger partial charge in [-0.15, -0.1) is 0 Å². The molecule has 2 N–H and O–H groups in total. The van der Waals surface area contributed by atoms with Crippen LogP contribution >= 0.6 is 0 Å². The van der Waals surface area contributed by atoms with Gasteiger partial charge in [-0.2, -0.15) is 0 Å². The van der Waals surface area contributed by atoms with Crippen molar-refractivity contribution in [2.24, 2.45) is 11.7 Å². The summed E-state index contributed by atoms with van der Waals surface area (Å²) >= 11 is 0. The first-order valence-electron chi connectivity index (χ1n) is 7.21. The molecular formula is C16H24N2O2. The van der Waals surface area contributed by atoms with Crippen molar-refractivity contribution >= 4 is 5.91 Å². The van der Waals surface area contributed by atoms with Crippen LogP contribution in [0.2, 0.25) is 0 Å². The van der Waals surface area contributed by atoms with Crippen LogP contribution in [0.5, 0.6) is 5.75 Å². The van der Waals surface area contributed by atoms with Gasteiger partial charge >= 0.3 is 0 Å². The van der Waals surface area contributed by atoms with Crippen molar-refractivity contribution in [1.29, 1.82) is 0 Å². The lowest BCUT2D eigenvalue weighted by atomic mass is 9.99. The minimum Gasteiger partial charge on any atom is -0.497 e. The maximum absolute atomic E-state index is 12.6. The number of carbonyl (C=O) groups is 1. The highest BCUT2D eigenvalue weighted by Crippen LogP contribution is 2.27. The fraction of sp³-hybridized carbons (Fsp3) is 0.562.